The van der Waals surface area contributed by atoms with Crippen LogP contribution >= 0.6 is 0 Å². The Hall–Kier alpha value is -0.600. The molecule has 1 atom stereocenters. The van der Waals surface area contributed by atoms with E-state index in [1.807, 2.05) is 0 Å². The van der Waals surface area contributed by atoms with E-state index >= 15 is 0 Å². The lowest BCUT2D eigenvalue weighted by Crippen LogP contribution is -2.25. The van der Waals surface area contributed by atoms with Gasteiger partial charge in [0.2, 0.25) is 0 Å². The molecular formula is C12H22O2. The Morgan fingerprint density at radius 3 is 2.00 bits per heavy atom. The van der Waals surface area contributed by atoms with Crippen molar-refractivity contribution in [3.05, 3.63) is 25.3 Å². The Morgan fingerprint density at radius 2 is 1.64 bits per heavy atom. The number of hydrogen-bond acceptors (Lipinski definition) is 2. The summed E-state index contributed by atoms with van der Waals surface area (Å²) < 4.78 is 11.0. The highest BCUT2D eigenvalue weighted by atomic mass is 16.7. The molecule has 82 valence electrons. The van der Waals surface area contributed by atoms with Gasteiger partial charge in [-0.1, -0.05) is 32.4 Å². The molecule has 0 fully saturated rings. The largest absolute Gasteiger partial charge is 0.348 e. The zero-order chi connectivity index (χ0) is 10.8. The molecule has 2 nitrogen and oxygen atoms in total. The minimum Gasteiger partial charge on any atom is -0.348 e. The van der Waals surface area contributed by atoms with Crippen molar-refractivity contribution in [1.82, 2.24) is 0 Å². The predicted molar refractivity (Wildman–Crippen MR) is 60.2 cm³/mol. The summed E-state index contributed by atoms with van der Waals surface area (Å²) in [6, 6.07) is 0. The third kappa shape index (κ3) is 5.95. The second kappa shape index (κ2) is 8.97. The van der Waals surface area contributed by atoms with Gasteiger partial charge in [0.1, 0.15) is 0 Å². The molecule has 0 aliphatic rings. The summed E-state index contributed by atoms with van der Waals surface area (Å²) in [6.45, 7) is 12.6. The lowest BCUT2D eigenvalue weighted by molar-refractivity contribution is -0.156. The fraction of sp³-hybridized carbons (Fsp3) is 0.667. The summed E-state index contributed by atoms with van der Waals surface area (Å²) in [5, 5.41) is 0. The van der Waals surface area contributed by atoms with E-state index < -0.39 is 0 Å². The van der Waals surface area contributed by atoms with Crippen LogP contribution in [0.25, 0.3) is 0 Å². The standard InChI is InChI=1S/C12H22O2/c1-5-8-11(4)12(13-9-6-2)14-10-7-3/h6-7,11-12H,2-3,5,8-10H2,1,4H3. The molecule has 0 aliphatic carbocycles. The molecule has 0 heterocycles. The lowest BCUT2D eigenvalue weighted by atomic mass is 10.1. The van der Waals surface area contributed by atoms with Gasteiger partial charge in [-0.2, -0.15) is 0 Å². The SMILES string of the molecule is C=CCOC(OCC=C)C(C)CCC. The number of ether oxygens (including phenoxy) is 2. The molecule has 0 radical (unpaired) electrons. The maximum atomic E-state index is 5.52. The lowest BCUT2D eigenvalue weighted by Gasteiger charge is -2.23. The minimum atomic E-state index is -0.133. The molecule has 0 rings (SSSR count). The Kier molecular flexibility index (Phi) is 8.59. The van der Waals surface area contributed by atoms with E-state index in [4.69, 9.17) is 9.47 Å². The Balaban J connectivity index is 3.92. The molecule has 0 spiro atoms. The van der Waals surface area contributed by atoms with Crippen LogP contribution in [-0.4, -0.2) is 19.5 Å². The third-order valence-corrected chi connectivity index (χ3v) is 1.97. The van der Waals surface area contributed by atoms with Crippen LogP contribution in [0.3, 0.4) is 0 Å². The molecule has 2 heteroatoms. The molecule has 1 unspecified atom stereocenters. The van der Waals surface area contributed by atoms with Crippen LogP contribution in [-0.2, 0) is 9.47 Å². The van der Waals surface area contributed by atoms with Crippen molar-refractivity contribution >= 4 is 0 Å². The summed E-state index contributed by atoms with van der Waals surface area (Å²) in [7, 11) is 0. The second-order valence-electron chi connectivity index (χ2n) is 3.38. The van der Waals surface area contributed by atoms with Crippen LogP contribution in [0.2, 0.25) is 0 Å². The fourth-order valence-corrected chi connectivity index (χ4v) is 1.29. The summed E-state index contributed by atoms with van der Waals surface area (Å²) in [5.41, 5.74) is 0. The first-order valence-electron chi connectivity index (χ1n) is 5.21. The Labute approximate surface area is 87.6 Å². The van der Waals surface area contributed by atoms with Gasteiger partial charge in [0.15, 0.2) is 6.29 Å². The van der Waals surface area contributed by atoms with Gasteiger partial charge in [0.25, 0.3) is 0 Å². The third-order valence-electron chi connectivity index (χ3n) is 1.97. The van der Waals surface area contributed by atoms with Gasteiger partial charge in [-0.15, -0.1) is 13.2 Å². The van der Waals surface area contributed by atoms with Crippen LogP contribution in [0.1, 0.15) is 26.7 Å². The number of rotatable bonds is 9. The first-order valence-corrected chi connectivity index (χ1v) is 5.21. The first kappa shape index (κ1) is 13.4. The van der Waals surface area contributed by atoms with E-state index in [1.54, 1.807) is 12.2 Å². The van der Waals surface area contributed by atoms with E-state index in [0.717, 1.165) is 12.8 Å². The highest BCUT2D eigenvalue weighted by molar-refractivity contribution is 4.69. The molecule has 0 aromatic carbocycles. The molecular weight excluding hydrogens is 176 g/mol. The van der Waals surface area contributed by atoms with Crippen LogP contribution in [0.15, 0.2) is 25.3 Å². The van der Waals surface area contributed by atoms with Crippen LogP contribution in [0.4, 0.5) is 0 Å². The van der Waals surface area contributed by atoms with Crippen molar-refractivity contribution in [2.75, 3.05) is 13.2 Å². The topological polar surface area (TPSA) is 18.5 Å². The first-order chi connectivity index (χ1) is 6.76. The Morgan fingerprint density at radius 1 is 1.14 bits per heavy atom. The normalized spacial score (nSPS) is 12.8. The monoisotopic (exact) mass is 198 g/mol. The van der Waals surface area contributed by atoms with Crippen LogP contribution in [0, 0.1) is 5.92 Å². The Bertz CT molecular complexity index is 142. The molecule has 0 saturated carbocycles. The molecule has 0 aromatic heterocycles. The highest BCUT2D eigenvalue weighted by Gasteiger charge is 2.16. The van der Waals surface area contributed by atoms with Crippen molar-refractivity contribution < 1.29 is 9.47 Å². The summed E-state index contributed by atoms with van der Waals surface area (Å²) in [4.78, 5) is 0. The van der Waals surface area contributed by atoms with Crippen molar-refractivity contribution in [2.24, 2.45) is 5.92 Å². The second-order valence-corrected chi connectivity index (χ2v) is 3.38. The average molecular weight is 198 g/mol. The molecule has 0 amide bonds. The smallest absolute Gasteiger partial charge is 0.160 e. The maximum Gasteiger partial charge on any atom is 0.160 e. The van der Waals surface area contributed by atoms with E-state index in [-0.39, 0.29) is 6.29 Å². The molecule has 0 N–H and O–H groups in total. The van der Waals surface area contributed by atoms with E-state index in [2.05, 4.69) is 27.0 Å². The average Bonchev–Trinajstić information content (AvgIpc) is 2.18. The van der Waals surface area contributed by atoms with Crippen LogP contribution in [0.5, 0.6) is 0 Å². The zero-order valence-corrected chi connectivity index (χ0v) is 9.37. The predicted octanol–water partition coefficient (Wildman–Crippen LogP) is 3.15. The molecule has 0 bridgehead atoms. The minimum absolute atomic E-state index is 0.133. The molecule has 14 heavy (non-hydrogen) atoms. The van der Waals surface area contributed by atoms with Gasteiger partial charge in [0, 0.05) is 5.92 Å². The van der Waals surface area contributed by atoms with Crippen LogP contribution < -0.4 is 0 Å². The molecule has 0 aromatic rings. The van der Waals surface area contributed by atoms with Gasteiger partial charge in [-0.3, -0.25) is 0 Å². The van der Waals surface area contributed by atoms with E-state index in [1.165, 1.54) is 0 Å². The van der Waals surface area contributed by atoms with Gasteiger partial charge >= 0.3 is 0 Å². The van der Waals surface area contributed by atoms with Gasteiger partial charge in [0.05, 0.1) is 13.2 Å². The number of hydrogen-bond donors (Lipinski definition) is 0. The van der Waals surface area contributed by atoms with Gasteiger partial charge in [-0.05, 0) is 6.42 Å². The van der Waals surface area contributed by atoms with Gasteiger partial charge in [-0.25, -0.2) is 0 Å². The maximum absolute atomic E-state index is 5.52. The fourth-order valence-electron chi connectivity index (χ4n) is 1.29. The van der Waals surface area contributed by atoms with E-state index in [9.17, 15) is 0 Å². The summed E-state index contributed by atoms with van der Waals surface area (Å²) in [6.07, 6.45) is 5.60. The van der Waals surface area contributed by atoms with E-state index in [0.29, 0.717) is 19.1 Å². The zero-order valence-electron chi connectivity index (χ0n) is 9.37. The summed E-state index contributed by atoms with van der Waals surface area (Å²) >= 11 is 0. The molecule has 0 saturated heterocycles. The van der Waals surface area contributed by atoms with Crippen molar-refractivity contribution in [1.29, 1.82) is 0 Å². The quantitative estimate of drug-likeness (QED) is 0.418. The molecule has 0 aliphatic heterocycles. The van der Waals surface area contributed by atoms with Crippen molar-refractivity contribution in [3.8, 4) is 0 Å². The summed E-state index contributed by atoms with van der Waals surface area (Å²) in [5.74, 6) is 0.417. The highest BCUT2D eigenvalue weighted by Crippen LogP contribution is 2.15. The van der Waals surface area contributed by atoms with Gasteiger partial charge < -0.3 is 9.47 Å². The van der Waals surface area contributed by atoms with Crippen molar-refractivity contribution in [3.63, 3.8) is 0 Å². The van der Waals surface area contributed by atoms with Crippen molar-refractivity contribution in [2.45, 2.75) is 33.0 Å².